The number of carbonyl (C=O) groups excluding carboxylic acids is 1. The summed E-state index contributed by atoms with van der Waals surface area (Å²) in [4.78, 5) is 22.3. The minimum absolute atomic E-state index is 0.0742. The lowest BCUT2D eigenvalue weighted by molar-refractivity contribution is -0.140. The monoisotopic (exact) mass is 420 g/mol. The summed E-state index contributed by atoms with van der Waals surface area (Å²) in [5.41, 5.74) is 6.53. The molecule has 1 N–H and O–H groups in total. The van der Waals surface area contributed by atoms with Crippen molar-refractivity contribution in [3.63, 3.8) is 0 Å². The fourth-order valence-corrected chi connectivity index (χ4v) is 4.26. The molecule has 1 atom stereocenters. The van der Waals surface area contributed by atoms with Gasteiger partial charge in [0, 0.05) is 12.0 Å². The molecule has 1 amide bonds. The molecule has 158 valence electrons. The summed E-state index contributed by atoms with van der Waals surface area (Å²) in [6, 6.07) is 37.6. The van der Waals surface area contributed by atoms with E-state index < -0.39 is 5.60 Å². The zero-order chi connectivity index (χ0) is 21.8. The predicted octanol–water partition coefficient (Wildman–Crippen LogP) is 5.72. The second kappa shape index (κ2) is 8.69. The first-order valence-corrected chi connectivity index (χ1v) is 10.7. The number of hydrogen-bond donors (Lipinski definition) is 1. The maximum absolute atomic E-state index is 14.1. The third kappa shape index (κ3) is 3.77. The standard InChI is InChI=1S/C28H24N2O2/c31-27-28(20-22-12-4-1-5-13-22,32-29-24-16-8-3-9-17-24)25-18-10-11-19-26(25)30(27)21-23-14-6-2-7-15-23/h1-19,29H,20-21H2/t28-/m1/s1. The third-order valence-electron chi connectivity index (χ3n) is 5.82. The molecule has 5 rings (SSSR count). The summed E-state index contributed by atoms with van der Waals surface area (Å²) < 4.78 is 0. The van der Waals surface area contributed by atoms with Crippen molar-refractivity contribution in [3.05, 3.63) is 132 Å². The molecule has 4 aromatic carbocycles. The smallest absolute Gasteiger partial charge is 0.267 e. The highest BCUT2D eigenvalue weighted by atomic mass is 16.7. The number of hydrogen-bond acceptors (Lipinski definition) is 3. The molecule has 0 unspecified atom stereocenters. The van der Waals surface area contributed by atoms with Crippen LogP contribution in [0.15, 0.2) is 115 Å². The van der Waals surface area contributed by atoms with Crippen molar-refractivity contribution in [3.8, 4) is 0 Å². The van der Waals surface area contributed by atoms with Crippen LogP contribution in [0.3, 0.4) is 0 Å². The minimum Gasteiger partial charge on any atom is -0.305 e. The summed E-state index contributed by atoms with van der Waals surface area (Å²) in [5.74, 6) is -0.0742. The summed E-state index contributed by atoms with van der Waals surface area (Å²) in [6.45, 7) is 0.488. The quantitative estimate of drug-likeness (QED) is 0.389. The van der Waals surface area contributed by atoms with E-state index in [0.29, 0.717) is 13.0 Å². The van der Waals surface area contributed by atoms with E-state index in [1.54, 1.807) is 0 Å². The van der Waals surface area contributed by atoms with Crippen molar-refractivity contribution in [1.29, 1.82) is 0 Å². The van der Waals surface area contributed by atoms with Crippen molar-refractivity contribution in [2.45, 2.75) is 18.6 Å². The molecule has 0 saturated heterocycles. The maximum atomic E-state index is 14.1. The van der Waals surface area contributed by atoms with Crippen molar-refractivity contribution in [2.75, 3.05) is 10.4 Å². The molecule has 0 spiro atoms. The Labute approximate surface area is 188 Å². The average Bonchev–Trinajstić information content (AvgIpc) is 3.08. The fraction of sp³-hybridized carbons (Fsp3) is 0.107. The van der Waals surface area contributed by atoms with Gasteiger partial charge in [0.2, 0.25) is 5.60 Å². The normalized spacial score (nSPS) is 17.2. The molecule has 0 bridgehead atoms. The summed E-state index contributed by atoms with van der Waals surface area (Å²) in [7, 11) is 0. The van der Waals surface area contributed by atoms with Crippen LogP contribution in [0.25, 0.3) is 0 Å². The first-order valence-electron chi connectivity index (χ1n) is 10.7. The molecule has 4 nitrogen and oxygen atoms in total. The first kappa shape index (κ1) is 20.0. The molecule has 4 heteroatoms. The predicted molar refractivity (Wildman–Crippen MR) is 127 cm³/mol. The zero-order valence-corrected chi connectivity index (χ0v) is 17.6. The van der Waals surface area contributed by atoms with E-state index in [1.807, 2.05) is 120 Å². The van der Waals surface area contributed by atoms with Gasteiger partial charge in [0.25, 0.3) is 5.91 Å². The van der Waals surface area contributed by atoms with Gasteiger partial charge in [-0.25, -0.2) is 0 Å². The molecule has 32 heavy (non-hydrogen) atoms. The molecule has 0 aliphatic carbocycles. The van der Waals surface area contributed by atoms with Crippen LogP contribution in [0.5, 0.6) is 0 Å². The first-order chi connectivity index (χ1) is 15.8. The topological polar surface area (TPSA) is 41.6 Å². The van der Waals surface area contributed by atoms with Gasteiger partial charge >= 0.3 is 0 Å². The van der Waals surface area contributed by atoms with Crippen molar-refractivity contribution >= 4 is 17.3 Å². The van der Waals surface area contributed by atoms with Gasteiger partial charge in [-0.3, -0.25) is 15.1 Å². The van der Waals surface area contributed by atoms with Crippen LogP contribution in [0.2, 0.25) is 0 Å². The average molecular weight is 421 g/mol. The van der Waals surface area contributed by atoms with E-state index in [2.05, 4.69) is 5.48 Å². The van der Waals surface area contributed by atoms with Crippen LogP contribution in [0.1, 0.15) is 16.7 Å². The lowest BCUT2D eigenvalue weighted by Crippen LogP contribution is -2.45. The largest absolute Gasteiger partial charge is 0.305 e. The molecule has 1 aliphatic heterocycles. The van der Waals surface area contributed by atoms with Gasteiger partial charge in [-0.2, -0.15) is 0 Å². The van der Waals surface area contributed by atoms with Gasteiger partial charge < -0.3 is 4.90 Å². The second-order valence-corrected chi connectivity index (χ2v) is 7.95. The Kier molecular flexibility index (Phi) is 5.44. The Morgan fingerprint density at radius 3 is 1.94 bits per heavy atom. The highest BCUT2D eigenvalue weighted by molar-refractivity contribution is 6.07. The van der Waals surface area contributed by atoms with Gasteiger partial charge in [0.15, 0.2) is 0 Å². The Bertz CT molecular complexity index is 1200. The molecule has 1 heterocycles. The van der Waals surface area contributed by atoms with Crippen molar-refractivity contribution < 1.29 is 9.63 Å². The molecule has 4 aromatic rings. The van der Waals surface area contributed by atoms with Gasteiger partial charge in [-0.1, -0.05) is 97.1 Å². The van der Waals surface area contributed by atoms with Crippen molar-refractivity contribution in [2.24, 2.45) is 0 Å². The van der Waals surface area contributed by atoms with Crippen LogP contribution >= 0.6 is 0 Å². The number of nitrogens with one attached hydrogen (secondary N) is 1. The van der Waals surface area contributed by atoms with Crippen LogP contribution in [0, 0.1) is 0 Å². The summed E-state index contributed by atoms with van der Waals surface area (Å²) in [5, 5.41) is 0. The van der Waals surface area contributed by atoms with Crippen molar-refractivity contribution in [1.82, 2.24) is 0 Å². The Morgan fingerprint density at radius 2 is 1.25 bits per heavy atom. The molecule has 0 fully saturated rings. The Balaban J connectivity index is 1.57. The molecule has 1 aliphatic rings. The summed E-state index contributed by atoms with van der Waals surface area (Å²) >= 11 is 0. The maximum Gasteiger partial charge on any atom is 0.267 e. The third-order valence-corrected chi connectivity index (χ3v) is 5.82. The lowest BCUT2D eigenvalue weighted by atomic mass is 9.88. The number of rotatable bonds is 7. The van der Waals surface area contributed by atoms with Gasteiger partial charge in [-0.15, -0.1) is 0 Å². The SMILES string of the molecule is O=C1N(Cc2ccccc2)c2ccccc2[C@@]1(Cc1ccccc1)ONc1ccccc1. The van der Waals surface area contributed by atoms with E-state index in [-0.39, 0.29) is 5.91 Å². The van der Waals surface area contributed by atoms with Gasteiger partial charge in [0.05, 0.1) is 17.9 Å². The lowest BCUT2D eigenvalue weighted by Gasteiger charge is -2.29. The van der Waals surface area contributed by atoms with E-state index in [4.69, 9.17) is 4.84 Å². The van der Waals surface area contributed by atoms with Crippen LogP contribution in [-0.2, 0) is 28.2 Å². The van der Waals surface area contributed by atoms with E-state index in [1.165, 1.54) is 0 Å². The Hall–Kier alpha value is -3.89. The molecular weight excluding hydrogens is 396 g/mol. The number of carbonyl (C=O) groups is 1. The molecular formula is C28H24N2O2. The molecule has 0 saturated carbocycles. The van der Waals surface area contributed by atoms with E-state index in [9.17, 15) is 4.79 Å². The number of anilines is 2. The Morgan fingerprint density at radius 1 is 0.688 bits per heavy atom. The highest BCUT2D eigenvalue weighted by Crippen LogP contribution is 2.45. The van der Waals surface area contributed by atoms with Gasteiger partial charge in [0.1, 0.15) is 0 Å². The van der Waals surface area contributed by atoms with Crippen LogP contribution in [0.4, 0.5) is 11.4 Å². The molecule has 0 aromatic heterocycles. The fourth-order valence-electron chi connectivity index (χ4n) is 4.26. The summed E-state index contributed by atoms with van der Waals surface area (Å²) in [6.07, 6.45) is 0.425. The number of amides is 1. The van der Waals surface area contributed by atoms with Crippen LogP contribution < -0.4 is 10.4 Å². The second-order valence-electron chi connectivity index (χ2n) is 7.95. The van der Waals surface area contributed by atoms with E-state index >= 15 is 0 Å². The number of benzene rings is 4. The van der Waals surface area contributed by atoms with Gasteiger partial charge in [-0.05, 0) is 29.3 Å². The highest BCUT2D eigenvalue weighted by Gasteiger charge is 2.53. The number of para-hydroxylation sites is 2. The zero-order valence-electron chi connectivity index (χ0n) is 17.6. The molecule has 0 radical (unpaired) electrons. The number of fused-ring (bicyclic) bond motifs is 1. The number of nitrogens with zero attached hydrogens (tertiary/aromatic N) is 1. The minimum atomic E-state index is -1.18. The van der Waals surface area contributed by atoms with E-state index in [0.717, 1.165) is 28.1 Å². The van der Waals surface area contributed by atoms with Crippen LogP contribution in [-0.4, -0.2) is 5.91 Å².